The standard InChI is InChI=1S/C14H19N3/c1-9(2)11-12(14(15)6-7-14)17-8-4-5-10(3)13(17)16-11/h4-5,8-9H,6-7,15H2,1-3H3. The number of imidazole rings is 1. The second-order valence-corrected chi connectivity index (χ2v) is 5.54. The monoisotopic (exact) mass is 229 g/mol. The summed E-state index contributed by atoms with van der Waals surface area (Å²) in [6, 6.07) is 4.18. The minimum absolute atomic E-state index is 0.132. The van der Waals surface area contributed by atoms with Gasteiger partial charge in [-0.2, -0.15) is 0 Å². The Morgan fingerprint density at radius 2 is 2.12 bits per heavy atom. The van der Waals surface area contributed by atoms with E-state index >= 15 is 0 Å². The third kappa shape index (κ3) is 1.49. The lowest BCUT2D eigenvalue weighted by Crippen LogP contribution is -2.23. The Kier molecular flexibility index (Phi) is 2.11. The molecular formula is C14H19N3. The smallest absolute Gasteiger partial charge is 0.140 e. The first-order valence-corrected chi connectivity index (χ1v) is 6.30. The molecule has 2 heterocycles. The molecule has 17 heavy (non-hydrogen) atoms. The van der Waals surface area contributed by atoms with Crippen molar-refractivity contribution in [3.63, 3.8) is 0 Å². The average Bonchev–Trinajstić information content (AvgIpc) is 2.88. The molecule has 0 saturated heterocycles. The normalized spacial score (nSPS) is 17.9. The Labute approximate surface area is 102 Å². The molecule has 0 unspecified atom stereocenters. The second kappa shape index (κ2) is 3.33. The topological polar surface area (TPSA) is 43.3 Å². The first-order valence-electron chi connectivity index (χ1n) is 6.30. The molecular weight excluding hydrogens is 210 g/mol. The molecule has 1 fully saturated rings. The Hall–Kier alpha value is -1.35. The number of nitrogens with two attached hydrogens (primary N) is 1. The van der Waals surface area contributed by atoms with E-state index in [0.29, 0.717) is 5.92 Å². The van der Waals surface area contributed by atoms with E-state index in [4.69, 9.17) is 10.7 Å². The van der Waals surface area contributed by atoms with Gasteiger partial charge in [-0.1, -0.05) is 19.9 Å². The van der Waals surface area contributed by atoms with Gasteiger partial charge in [0, 0.05) is 6.20 Å². The first-order chi connectivity index (χ1) is 8.03. The highest BCUT2D eigenvalue weighted by Crippen LogP contribution is 2.45. The number of nitrogens with zero attached hydrogens (tertiary/aromatic N) is 2. The Morgan fingerprint density at radius 3 is 2.71 bits per heavy atom. The van der Waals surface area contributed by atoms with Gasteiger partial charge in [0.05, 0.1) is 16.9 Å². The summed E-state index contributed by atoms with van der Waals surface area (Å²) in [5.41, 5.74) is 10.9. The number of hydrogen-bond acceptors (Lipinski definition) is 2. The highest BCUT2D eigenvalue weighted by Gasteiger charge is 2.45. The van der Waals surface area contributed by atoms with Crippen LogP contribution in [0.15, 0.2) is 18.3 Å². The molecule has 3 rings (SSSR count). The SMILES string of the molecule is Cc1cccn2c(C3(N)CC3)c(C(C)C)nc12. The van der Waals surface area contributed by atoms with E-state index in [0.717, 1.165) is 18.5 Å². The van der Waals surface area contributed by atoms with E-state index in [-0.39, 0.29) is 5.54 Å². The molecule has 2 aromatic rings. The average molecular weight is 229 g/mol. The molecule has 2 N–H and O–H groups in total. The van der Waals surface area contributed by atoms with Crippen molar-refractivity contribution in [3.8, 4) is 0 Å². The highest BCUT2D eigenvalue weighted by atomic mass is 15.1. The van der Waals surface area contributed by atoms with Gasteiger partial charge >= 0.3 is 0 Å². The molecule has 3 nitrogen and oxygen atoms in total. The van der Waals surface area contributed by atoms with Crippen LogP contribution in [0.5, 0.6) is 0 Å². The van der Waals surface area contributed by atoms with Gasteiger partial charge < -0.3 is 10.1 Å². The molecule has 1 saturated carbocycles. The molecule has 1 aliphatic carbocycles. The van der Waals surface area contributed by atoms with Crippen molar-refractivity contribution in [2.45, 2.75) is 45.1 Å². The van der Waals surface area contributed by atoms with Crippen molar-refractivity contribution >= 4 is 5.65 Å². The van der Waals surface area contributed by atoms with Gasteiger partial charge in [0.2, 0.25) is 0 Å². The maximum absolute atomic E-state index is 6.41. The first kappa shape index (κ1) is 10.8. The van der Waals surface area contributed by atoms with Crippen LogP contribution in [-0.4, -0.2) is 9.38 Å². The maximum Gasteiger partial charge on any atom is 0.140 e. The number of hydrogen-bond donors (Lipinski definition) is 1. The van der Waals surface area contributed by atoms with Gasteiger partial charge in [-0.3, -0.25) is 0 Å². The summed E-state index contributed by atoms with van der Waals surface area (Å²) in [7, 11) is 0. The van der Waals surface area contributed by atoms with Crippen molar-refractivity contribution in [1.82, 2.24) is 9.38 Å². The number of aryl methyl sites for hydroxylation is 1. The van der Waals surface area contributed by atoms with Crippen LogP contribution in [0.25, 0.3) is 5.65 Å². The van der Waals surface area contributed by atoms with E-state index in [1.807, 2.05) is 0 Å². The number of rotatable bonds is 2. The van der Waals surface area contributed by atoms with Crippen molar-refractivity contribution in [3.05, 3.63) is 35.3 Å². The minimum atomic E-state index is -0.132. The zero-order chi connectivity index (χ0) is 12.2. The molecule has 3 heteroatoms. The summed E-state index contributed by atoms with van der Waals surface area (Å²) in [5, 5.41) is 0. The lowest BCUT2D eigenvalue weighted by Gasteiger charge is -2.13. The van der Waals surface area contributed by atoms with E-state index in [1.54, 1.807) is 0 Å². The van der Waals surface area contributed by atoms with Crippen LogP contribution < -0.4 is 5.73 Å². The molecule has 0 aromatic carbocycles. The number of pyridine rings is 1. The number of aromatic nitrogens is 2. The van der Waals surface area contributed by atoms with Crippen molar-refractivity contribution in [2.24, 2.45) is 5.73 Å². The molecule has 0 bridgehead atoms. The third-order valence-electron chi connectivity index (χ3n) is 3.68. The molecule has 0 aliphatic heterocycles. The van der Waals surface area contributed by atoms with Gasteiger partial charge in [0.25, 0.3) is 0 Å². The molecule has 0 atom stereocenters. The van der Waals surface area contributed by atoms with Gasteiger partial charge in [-0.25, -0.2) is 4.98 Å². The fraction of sp³-hybridized carbons (Fsp3) is 0.500. The zero-order valence-corrected chi connectivity index (χ0v) is 10.7. The van der Waals surface area contributed by atoms with Gasteiger partial charge in [-0.05, 0) is 37.3 Å². The second-order valence-electron chi connectivity index (χ2n) is 5.54. The summed E-state index contributed by atoms with van der Waals surface area (Å²) in [5.74, 6) is 0.422. The van der Waals surface area contributed by atoms with E-state index in [9.17, 15) is 0 Å². The predicted molar refractivity (Wildman–Crippen MR) is 69.1 cm³/mol. The fourth-order valence-corrected chi connectivity index (χ4v) is 2.49. The van der Waals surface area contributed by atoms with Gasteiger partial charge in [-0.15, -0.1) is 0 Å². The highest BCUT2D eigenvalue weighted by molar-refractivity contribution is 5.53. The Balaban J connectivity index is 2.36. The lowest BCUT2D eigenvalue weighted by molar-refractivity contribution is 0.668. The lowest BCUT2D eigenvalue weighted by atomic mass is 10.0. The van der Waals surface area contributed by atoms with Gasteiger partial charge in [0.15, 0.2) is 0 Å². The molecule has 1 aliphatic rings. The van der Waals surface area contributed by atoms with Crippen LogP contribution in [0.1, 0.15) is 49.6 Å². The summed E-state index contributed by atoms with van der Waals surface area (Å²) in [4.78, 5) is 4.80. The number of fused-ring (bicyclic) bond motifs is 1. The van der Waals surface area contributed by atoms with Crippen molar-refractivity contribution in [1.29, 1.82) is 0 Å². The minimum Gasteiger partial charge on any atom is -0.320 e. The van der Waals surface area contributed by atoms with Crippen molar-refractivity contribution < 1.29 is 0 Å². The summed E-state index contributed by atoms with van der Waals surface area (Å²) < 4.78 is 2.19. The molecule has 0 amide bonds. The van der Waals surface area contributed by atoms with Crippen molar-refractivity contribution in [2.75, 3.05) is 0 Å². The van der Waals surface area contributed by atoms with Crippen LogP contribution in [0.3, 0.4) is 0 Å². The zero-order valence-electron chi connectivity index (χ0n) is 10.7. The van der Waals surface area contributed by atoms with Crippen LogP contribution in [0.2, 0.25) is 0 Å². The maximum atomic E-state index is 6.41. The summed E-state index contributed by atoms with van der Waals surface area (Å²) in [6.07, 6.45) is 4.24. The van der Waals surface area contributed by atoms with E-state index in [2.05, 4.69) is 43.5 Å². The van der Waals surface area contributed by atoms with Crippen LogP contribution in [0.4, 0.5) is 0 Å². The van der Waals surface area contributed by atoms with Crippen LogP contribution in [-0.2, 0) is 5.54 Å². The molecule has 0 radical (unpaired) electrons. The molecule has 90 valence electrons. The van der Waals surface area contributed by atoms with Crippen LogP contribution >= 0.6 is 0 Å². The quantitative estimate of drug-likeness (QED) is 0.860. The molecule has 0 spiro atoms. The Bertz CT molecular complexity index is 576. The van der Waals surface area contributed by atoms with Crippen LogP contribution in [0, 0.1) is 6.92 Å². The Morgan fingerprint density at radius 1 is 1.41 bits per heavy atom. The summed E-state index contributed by atoms with van der Waals surface area (Å²) in [6.45, 7) is 6.48. The summed E-state index contributed by atoms with van der Waals surface area (Å²) >= 11 is 0. The van der Waals surface area contributed by atoms with E-state index < -0.39 is 0 Å². The van der Waals surface area contributed by atoms with Gasteiger partial charge in [0.1, 0.15) is 5.65 Å². The third-order valence-corrected chi connectivity index (χ3v) is 3.68. The fourth-order valence-electron chi connectivity index (χ4n) is 2.49. The van der Waals surface area contributed by atoms with E-state index in [1.165, 1.54) is 17.0 Å². The molecule has 2 aromatic heterocycles. The largest absolute Gasteiger partial charge is 0.320 e. The predicted octanol–water partition coefficient (Wildman–Crippen LogP) is 2.71.